The molecule has 1 N–H and O–H groups in total. The van der Waals surface area contributed by atoms with Crippen molar-refractivity contribution in [3.05, 3.63) is 30.1 Å². The van der Waals surface area contributed by atoms with E-state index in [9.17, 15) is 8.42 Å². The van der Waals surface area contributed by atoms with Crippen LogP contribution < -0.4 is 4.72 Å². The Bertz CT molecular complexity index is 443. The van der Waals surface area contributed by atoms with E-state index in [0.29, 0.717) is 6.42 Å². The first-order valence-corrected chi connectivity index (χ1v) is 8.01. The van der Waals surface area contributed by atoms with E-state index in [-0.39, 0.29) is 17.7 Å². The van der Waals surface area contributed by atoms with Gasteiger partial charge in [0, 0.05) is 12.4 Å². The Morgan fingerprint density at radius 2 is 2.11 bits per heavy atom. The Morgan fingerprint density at radius 3 is 2.61 bits per heavy atom. The minimum absolute atomic E-state index is 0.186. The van der Waals surface area contributed by atoms with Gasteiger partial charge in [0.15, 0.2) is 0 Å². The molecule has 0 amide bonds. The van der Waals surface area contributed by atoms with E-state index >= 15 is 0 Å². The Labute approximate surface area is 110 Å². The summed E-state index contributed by atoms with van der Waals surface area (Å²) in [5.41, 5.74) is 0.910. The maximum atomic E-state index is 11.9. The second-order valence-electron chi connectivity index (χ2n) is 4.80. The van der Waals surface area contributed by atoms with Gasteiger partial charge >= 0.3 is 0 Å². The van der Waals surface area contributed by atoms with Crippen LogP contribution in [0.15, 0.2) is 24.5 Å². The van der Waals surface area contributed by atoms with Gasteiger partial charge in [-0.25, -0.2) is 13.1 Å². The summed E-state index contributed by atoms with van der Waals surface area (Å²) < 4.78 is 26.7. The van der Waals surface area contributed by atoms with Crippen molar-refractivity contribution in [2.45, 2.75) is 39.7 Å². The fourth-order valence-electron chi connectivity index (χ4n) is 1.74. The first kappa shape index (κ1) is 15.1. The molecule has 4 nitrogen and oxygen atoms in total. The molecule has 0 fully saturated rings. The predicted molar refractivity (Wildman–Crippen MR) is 73.6 cm³/mol. The van der Waals surface area contributed by atoms with Crippen LogP contribution in [0.5, 0.6) is 0 Å². The third kappa shape index (κ3) is 4.74. The highest BCUT2D eigenvalue weighted by atomic mass is 32.2. The molecule has 1 aromatic heterocycles. The van der Waals surface area contributed by atoms with E-state index in [2.05, 4.69) is 9.71 Å². The van der Waals surface area contributed by atoms with Gasteiger partial charge in [-0.2, -0.15) is 0 Å². The quantitative estimate of drug-likeness (QED) is 0.828. The van der Waals surface area contributed by atoms with Crippen LogP contribution in [0.25, 0.3) is 0 Å². The van der Waals surface area contributed by atoms with Gasteiger partial charge in [-0.15, -0.1) is 0 Å². The first-order chi connectivity index (χ1) is 8.46. The van der Waals surface area contributed by atoms with Crippen LogP contribution in [0.1, 0.15) is 45.2 Å². The molecule has 0 aromatic carbocycles. The van der Waals surface area contributed by atoms with E-state index < -0.39 is 10.0 Å². The van der Waals surface area contributed by atoms with Crippen molar-refractivity contribution in [2.24, 2.45) is 5.92 Å². The molecule has 0 unspecified atom stereocenters. The summed E-state index contributed by atoms with van der Waals surface area (Å²) in [7, 11) is -3.21. The van der Waals surface area contributed by atoms with Crippen LogP contribution in [0, 0.1) is 5.92 Å². The summed E-state index contributed by atoms with van der Waals surface area (Å²) in [5.74, 6) is 0.373. The fourth-order valence-corrected chi connectivity index (χ4v) is 3.32. The number of hydrogen-bond acceptors (Lipinski definition) is 3. The van der Waals surface area contributed by atoms with Crippen molar-refractivity contribution < 1.29 is 8.42 Å². The Kier molecular flexibility index (Phi) is 5.75. The fraction of sp³-hybridized carbons (Fsp3) is 0.615. The molecule has 0 bridgehead atoms. The Balaban J connectivity index is 2.82. The smallest absolute Gasteiger partial charge is 0.212 e. The lowest BCUT2D eigenvalue weighted by Gasteiger charge is -2.22. The number of rotatable bonds is 7. The van der Waals surface area contributed by atoms with E-state index in [0.717, 1.165) is 12.0 Å². The lowest BCUT2D eigenvalue weighted by Crippen LogP contribution is -2.33. The number of sulfonamides is 1. The number of nitrogens with zero attached hydrogens (tertiary/aromatic N) is 1. The van der Waals surface area contributed by atoms with Crippen LogP contribution >= 0.6 is 0 Å². The third-order valence-corrected chi connectivity index (χ3v) is 4.22. The van der Waals surface area contributed by atoms with Gasteiger partial charge in [0.25, 0.3) is 0 Å². The molecule has 0 saturated heterocycles. The zero-order valence-electron chi connectivity index (χ0n) is 11.3. The van der Waals surface area contributed by atoms with Crippen LogP contribution in [-0.4, -0.2) is 19.2 Å². The lowest BCUT2D eigenvalue weighted by atomic mass is 9.99. The molecule has 1 atom stereocenters. The van der Waals surface area contributed by atoms with Crippen molar-refractivity contribution in [2.75, 3.05) is 5.75 Å². The largest absolute Gasteiger partial charge is 0.264 e. The van der Waals surface area contributed by atoms with Crippen LogP contribution in [-0.2, 0) is 10.0 Å². The summed E-state index contributed by atoms with van der Waals surface area (Å²) in [4.78, 5) is 4.05. The van der Waals surface area contributed by atoms with Crippen molar-refractivity contribution in [1.29, 1.82) is 0 Å². The molecule has 0 aliphatic heterocycles. The second kappa shape index (κ2) is 6.85. The van der Waals surface area contributed by atoms with Gasteiger partial charge < -0.3 is 0 Å². The molecule has 0 aliphatic rings. The first-order valence-electron chi connectivity index (χ1n) is 6.36. The molecule has 0 saturated carbocycles. The lowest BCUT2D eigenvalue weighted by molar-refractivity contribution is 0.461. The maximum Gasteiger partial charge on any atom is 0.212 e. The normalized spacial score (nSPS) is 13.8. The van der Waals surface area contributed by atoms with Crippen LogP contribution in [0.2, 0.25) is 0 Å². The average Bonchev–Trinajstić information content (AvgIpc) is 2.34. The van der Waals surface area contributed by atoms with Crippen molar-refractivity contribution >= 4 is 10.0 Å². The van der Waals surface area contributed by atoms with E-state index in [4.69, 9.17) is 0 Å². The van der Waals surface area contributed by atoms with E-state index in [1.807, 2.05) is 32.9 Å². The third-order valence-electron chi connectivity index (χ3n) is 2.78. The van der Waals surface area contributed by atoms with Crippen LogP contribution in [0.4, 0.5) is 0 Å². The molecule has 18 heavy (non-hydrogen) atoms. The SMILES string of the molecule is CCCCS(=O)(=O)N[C@H](c1cccnc1)C(C)C. The minimum Gasteiger partial charge on any atom is -0.264 e. The van der Waals surface area contributed by atoms with Crippen molar-refractivity contribution in [3.8, 4) is 0 Å². The van der Waals surface area contributed by atoms with Gasteiger partial charge in [-0.05, 0) is 24.0 Å². The van der Waals surface area contributed by atoms with Crippen molar-refractivity contribution in [1.82, 2.24) is 9.71 Å². The number of nitrogens with one attached hydrogen (secondary N) is 1. The number of hydrogen-bond donors (Lipinski definition) is 1. The standard InChI is InChI=1S/C13H22N2O2S/c1-4-5-9-18(16,17)15-13(11(2)3)12-7-6-8-14-10-12/h6-8,10-11,13,15H,4-5,9H2,1-3H3/t13-/m0/s1. The van der Waals surface area contributed by atoms with Gasteiger partial charge in [-0.1, -0.05) is 33.3 Å². The number of aromatic nitrogens is 1. The highest BCUT2D eigenvalue weighted by molar-refractivity contribution is 7.89. The Morgan fingerprint density at radius 1 is 1.39 bits per heavy atom. The molecule has 102 valence electrons. The summed E-state index contributed by atoms with van der Waals surface area (Å²) in [6.45, 7) is 5.98. The highest BCUT2D eigenvalue weighted by Crippen LogP contribution is 2.21. The topological polar surface area (TPSA) is 59.1 Å². The molecular weight excluding hydrogens is 248 g/mol. The summed E-state index contributed by atoms with van der Waals surface area (Å²) in [6.07, 6.45) is 4.97. The minimum atomic E-state index is -3.21. The number of pyridine rings is 1. The molecule has 0 spiro atoms. The second-order valence-corrected chi connectivity index (χ2v) is 6.67. The van der Waals surface area contributed by atoms with Gasteiger partial charge in [0.2, 0.25) is 10.0 Å². The van der Waals surface area contributed by atoms with Gasteiger partial charge in [0.1, 0.15) is 0 Å². The molecule has 5 heteroatoms. The summed E-state index contributed by atoms with van der Waals surface area (Å²) in [5, 5.41) is 0. The molecular formula is C13H22N2O2S. The van der Waals surface area contributed by atoms with Gasteiger partial charge in [-0.3, -0.25) is 4.98 Å². The monoisotopic (exact) mass is 270 g/mol. The maximum absolute atomic E-state index is 11.9. The molecule has 0 radical (unpaired) electrons. The molecule has 1 heterocycles. The zero-order chi connectivity index (χ0) is 13.6. The predicted octanol–water partition coefficient (Wildman–Crippen LogP) is 2.50. The average molecular weight is 270 g/mol. The van der Waals surface area contributed by atoms with Gasteiger partial charge in [0.05, 0.1) is 11.8 Å². The zero-order valence-corrected chi connectivity index (χ0v) is 12.1. The van der Waals surface area contributed by atoms with Crippen LogP contribution in [0.3, 0.4) is 0 Å². The molecule has 0 aliphatic carbocycles. The highest BCUT2D eigenvalue weighted by Gasteiger charge is 2.21. The number of unbranched alkanes of at least 4 members (excludes halogenated alkanes) is 1. The van der Waals surface area contributed by atoms with Crippen molar-refractivity contribution in [3.63, 3.8) is 0 Å². The molecule has 1 aromatic rings. The summed E-state index contributed by atoms with van der Waals surface area (Å²) in [6, 6.07) is 3.52. The van der Waals surface area contributed by atoms with E-state index in [1.54, 1.807) is 12.4 Å². The molecule has 1 rings (SSSR count). The van der Waals surface area contributed by atoms with E-state index in [1.165, 1.54) is 0 Å². The summed E-state index contributed by atoms with van der Waals surface area (Å²) >= 11 is 0. The Hall–Kier alpha value is -0.940.